The number of hydrogen-bond donors (Lipinski definition) is 1. The van der Waals surface area contributed by atoms with Gasteiger partial charge >= 0.3 is 0 Å². The first kappa shape index (κ1) is 18.6. The smallest absolute Gasteiger partial charge is 0.227 e. The number of aromatic nitrogens is 4. The number of aryl methyl sites for hydroxylation is 1. The van der Waals surface area contributed by atoms with Gasteiger partial charge in [0, 0.05) is 47.1 Å². The molecule has 4 rings (SSSR count). The van der Waals surface area contributed by atoms with Crippen molar-refractivity contribution in [3.63, 3.8) is 0 Å². The van der Waals surface area contributed by atoms with Crippen molar-refractivity contribution in [1.29, 1.82) is 0 Å². The third kappa shape index (κ3) is 4.21. The number of benzene rings is 2. The second-order valence-electron chi connectivity index (χ2n) is 7.08. The zero-order chi connectivity index (χ0) is 19.7. The van der Waals surface area contributed by atoms with Crippen molar-refractivity contribution in [3.8, 4) is 11.1 Å². The van der Waals surface area contributed by atoms with Gasteiger partial charge in [-0.2, -0.15) is 5.10 Å². The van der Waals surface area contributed by atoms with E-state index < -0.39 is 0 Å². The van der Waals surface area contributed by atoms with Gasteiger partial charge in [-0.15, -0.1) is 0 Å². The fraction of sp³-hybridized carbons (Fsp3) is 0.190. The Bertz CT molecular complexity index is 1130. The minimum atomic E-state index is 0.578. The summed E-state index contributed by atoms with van der Waals surface area (Å²) in [7, 11) is 6.05. The highest BCUT2D eigenvalue weighted by Gasteiger charge is 2.08. The Kier molecular flexibility index (Phi) is 5.11. The molecule has 1 N–H and O–H groups in total. The van der Waals surface area contributed by atoms with E-state index in [0.717, 1.165) is 38.7 Å². The number of rotatable bonds is 5. The van der Waals surface area contributed by atoms with Crippen LogP contribution in [0, 0.1) is 0 Å². The van der Waals surface area contributed by atoms with E-state index in [4.69, 9.17) is 0 Å². The first-order valence-corrected chi connectivity index (χ1v) is 9.72. The van der Waals surface area contributed by atoms with Crippen molar-refractivity contribution >= 4 is 38.5 Å². The van der Waals surface area contributed by atoms with Crippen molar-refractivity contribution in [2.24, 2.45) is 7.05 Å². The average molecular weight is 437 g/mol. The molecule has 0 aliphatic rings. The molecule has 0 aliphatic carbocycles. The number of fused-ring (bicyclic) bond motifs is 1. The topological polar surface area (TPSA) is 58.9 Å². The quantitative estimate of drug-likeness (QED) is 0.495. The van der Waals surface area contributed by atoms with Crippen molar-refractivity contribution in [2.45, 2.75) is 6.54 Å². The molecular formula is C21H21BrN6. The summed E-state index contributed by atoms with van der Waals surface area (Å²) in [6.07, 6.45) is 5.73. The summed E-state index contributed by atoms with van der Waals surface area (Å²) < 4.78 is 2.83. The fourth-order valence-corrected chi connectivity index (χ4v) is 3.53. The summed E-state index contributed by atoms with van der Waals surface area (Å²) in [6, 6.07) is 12.4. The van der Waals surface area contributed by atoms with Gasteiger partial charge in [0.15, 0.2) is 0 Å². The van der Waals surface area contributed by atoms with E-state index in [0.29, 0.717) is 5.95 Å². The van der Waals surface area contributed by atoms with Crippen LogP contribution in [0.4, 0.5) is 11.6 Å². The monoisotopic (exact) mass is 436 g/mol. The summed E-state index contributed by atoms with van der Waals surface area (Å²) in [5, 5.41) is 8.65. The molecule has 0 radical (unpaired) electrons. The minimum Gasteiger partial charge on any atom is -0.324 e. The summed E-state index contributed by atoms with van der Waals surface area (Å²) in [4.78, 5) is 11.3. The summed E-state index contributed by atoms with van der Waals surface area (Å²) >= 11 is 3.48. The van der Waals surface area contributed by atoms with Crippen molar-refractivity contribution < 1.29 is 0 Å². The van der Waals surface area contributed by atoms with Crippen LogP contribution in [0.15, 0.2) is 59.5 Å². The molecule has 0 aliphatic heterocycles. The van der Waals surface area contributed by atoms with E-state index in [1.165, 1.54) is 5.56 Å². The van der Waals surface area contributed by atoms with Gasteiger partial charge in [-0.3, -0.25) is 4.68 Å². The second-order valence-corrected chi connectivity index (χ2v) is 8.00. The summed E-state index contributed by atoms with van der Waals surface area (Å²) in [5.41, 5.74) is 5.25. The molecule has 0 fully saturated rings. The van der Waals surface area contributed by atoms with Gasteiger partial charge in [-0.05, 0) is 61.6 Å². The Hall–Kier alpha value is -2.77. The van der Waals surface area contributed by atoms with Crippen molar-refractivity contribution in [2.75, 3.05) is 19.4 Å². The number of nitrogens with one attached hydrogen (secondary N) is 1. The molecule has 0 saturated heterocycles. The third-order valence-electron chi connectivity index (χ3n) is 4.33. The number of hydrogen-bond acceptors (Lipinski definition) is 5. The maximum Gasteiger partial charge on any atom is 0.227 e. The lowest BCUT2D eigenvalue weighted by Crippen LogP contribution is -2.11. The average Bonchev–Trinajstić information content (AvgIpc) is 3.07. The largest absolute Gasteiger partial charge is 0.324 e. The van der Waals surface area contributed by atoms with Crippen LogP contribution in [-0.2, 0) is 13.6 Å². The van der Waals surface area contributed by atoms with Crippen LogP contribution in [0.25, 0.3) is 22.0 Å². The minimum absolute atomic E-state index is 0.578. The Morgan fingerprint density at radius 3 is 2.68 bits per heavy atom. The van der Waals surface area contributed by atoms with Crippen LogP contribution in [0.1, 0.15) is 5.56 Å². The maximum absolute atomic E-state index is 4.64. The zero-order valence-corrected chi connectivity index (χ0v) is 17.6. The van der Waals surface area contributed by atoms with Gasteiger partial charge in [-0.1, -0.05) is 15.9 Å². The molecule has 0 saturated carbocycles. The van der Waals surface area contributed by atoms with E-state index in [-0.39, 0.29) is 0 Å². The van der Waals surface area contributed by atoms with Crippen LogP contribution in [0.3, 0.4) is 0 Å². The Morgan fingerprint density at radius 1 is 1.07 bits per heavy atom. The molecule has 7 heteroatoms. The first-order valence-electron chi connectivity index (χ1n) is 8.93. The molecule has 2 aromatic heterocycles. The highest BCUT2D eigenvalue weighted by atomic mass is 79.9. The summed E-state index contributed by atoms with van der Waals surface area (Å²) in [6.45, 7) is 0.843. The van der Waals surface area contributed by atoms with Gasteiger partial charge in [0.25, 0.3) is 0 Å². The van der Waals surface area contributed by atoms with Gasteiger partial charge in [0.05, 0.1) is 11.7 Å². The lowest BCUT2D eigenvalue weighted by molar-refractivity contribution is 0.402. The van der Waals surface area contributed by atoms with Gasteiger partial charge in [-0.25, -0.2) is 9.97 Å². The Morgan fingerprint density at radius 2 is 1.93 bits per heavy atom. The highest BCUT2D eigenvalue weighted by molar-refractivity contribution is 9.10. The molecule has 6 nitrogen and oxygen atoms in total. The fourth-order valence-electron chi connectivity index (χ4n) is 3.15. The van der Waals surface area contributed by atoms with Crippen LogP contribution in [0.5, 0.6) is 0 Å². The molecular weight excluding hydrogens is 416 g/mol. The van der Waals surface area contributed by atoms with E-state index in [9.17, 15) is 0 Å². The van der Waals surface area contributed by atoms with E-state index >= 15 is 0 Å². The van der Waals surface area contributed by atoms with Crippen LogP contribution in [0.2, 0.25) is 0 Å². The van der Waals surface area contributed by atoms with Gasteiger partial charge < -0.3 is 10.2 Å². The lowest BCUT2D eigenvalue weighted by atomic mass is 10.0. The van der Waals surface area contributed by atoms with Crippen LogP contribution in [-0.4, -0.2) is 38.7 Å². The molecule has 2 aromatic carbocycles. The lowest BCUT2D eigenvalue weighted by Gasteiger charge is -2.14. The second kappa shape index (κ2) is 7.69. The molecule has 0 spiro atoms. The predicted molar refractivity (Wildman–Crippen MR) is 117 cm³/mol. The number of halogens is 1. The highest BCUT2D eigenvalue weighted by Crippen LogP contribution is 2.27. The number of nitrogens with zero attached hydrogens (tertiary/aromatic N) is 5. The molecule has 0 bridgehead atoms. The Balaban J connectivity index is 1.70. The Labute approximate surface area is 172 Å². The number of anilines is 2. The predicted octanol–water partition coefficient (Wildman–Crippen LogP) is 4.60. The maximum atomic E-state index is 4.64. The zero-order valence-electron chi connectivity index (χ0n) is 16.0. The third-order valence-corrected chi connectivity index (χ3v) is 4.82. The van der Waals surface area contributed by atoms with Gasteiger partial charge in [0.1, 0.15) is 0 Å². The molecule has 142 valence electrons. The molecule has 0 amide bonds. The van der Waals surface area contributed by atoms with Crippen molar-refractivity contribution in [1.82, 2.24) is 24.6 Å². The SMILES string of the molecule is CN(C)Cc1cc(Nc2ncc3cc(Br)ccc3n2)cc(-c2cnn(C)c2)c1. The molecule has 28 heavy (non-hydrogen) atoms. The summed E-state index contributed by atoms with van der Waals surface area (Å²) in [5.74, 6) is 0.578. The van der Waals surface area contributed by atoms with Crippen LogP contribution < -0.4 is 5.32 Å². The van der Waals surface area contributed by atoms with E-state index in [1.807, 2.05) is 48.5 Å². The first-order chi connectivity index (χ1) is 13.5. The van der Waals surface area contributed by atoms with E-state index in [2.05, 4.69) is 73.5 Å². The van der Waals surface area contributed by atoms with Gasteiger partial charge in [0.2, 0.25) is 5.95 Å². The standard InChI is InChI=1S/C21H21BrN6/c1-27(2)12-14-6-15(17-11-24-28(3)13-17)9-19(7-14)25-21-23-10-16-8-18(22)4-5-20(16)26-21/h4-11,13H,12H2,1-3H3,(H,23,25,26). The normalized spacial score (nSPS) is 11.3. The van der Waals surface area contributed by atoms with E-state index in [1.54, 1.807) is 0 Å². The molecule has 4 aromatic rings. The van der Waals surface area contributed by atoms with Crippen LogP contribution >= 0.6 is 15.9 Å². The molecule has 0 unspecified atom stereocenters. The van der Waals surface area contributed by atoms with Crippen molar-refractivity contribution in [3.05, 3.63) is 65.0 Å². The molecule has 0 atom stereocenters. The molecule has 2 heterocycles.